The number of piperazine rings is 1. The van der Waals surface area contributed by atoms with Gasteiger partial charge in [0.2, 0.25) is 0 Å². The normalized spacial score (nSPS) is 17.7. The van der Waals surface area contributed by atoms with Gasteiger partial charge in [-0.15, -0.1) is 0 Å². The molecule has 1 aliphatic heterocycles. The molecule has 0 aromatic heterocycles. The lowest BCUT2D eigenvalue weighted by molar-refractivity contribution is -0.148. The number of urea groups is 1. The largest absolute Gasteiger partial charge is 0.481 e. The van der Waals surface area contributed by atoms with Gasteiger partial charge in [0, 0.05) is 32.7 Å². The summed E-state index contributed by atoms with van der Waals surface area (Å²) in [5, 5.41) is 11.4. The van der Waals surface area contributed by atoms with Crippen LogP contribution in [0.4, 0.5) is 18.0 Å². The molecule has 2 amide bonds. The van der Waals surface area contributed by atoms with Gasteiger partial charge in [0.05, 0.1) is 12.0 Å². The van der Waals surface area contributed by atoms with Gasteiger partial charge in [0.15, 0.2) is 0 Å². The highest BCUT2D eigenvalue weighted by Gasteiger charge is 2.33. The van der Waals surface area contributed by atoms with E-state index in [0.717, 1.165) is 0 Å². The molecule has 0 radical (unpaired) electrons. The molecule has 122 valence electrons. The second-order valence-corrected chi connectivity index (χ2v) is 5.73. The Morgan fingerprint density at radius 3 is 2.10 bits per heavy atom. The first-order valence-corrected chi connectivity index (χ1v) is 6.56. The number of amides is 2. The monoisotopic (exact) mass is 311 g/mol. The van der Waals surface area contributed by atoms with Crippen LogP contribution in [0.2, 0.25) is 0 Å². The van der Waals surface area contributed by atoms with E-state index in [1.54, 1.807) is 0 Å². The highest BCUT2D eigenvalue weighted by Crippen LogP contribution is 2.17. The zero-order valence-electron chi connectivity index (χ0n) is 12.0. The van der Waals surface area contributed by atoms with Crippen molar-refractivity contribution in [2.24, 2.45) is 5.41 Å². The van der Waals surface area contributed by atoms with Crippen LogP contribution in [-0.2, 0) is 4.79 Å². The van der Waals surface area contributed by atoms with Gasteiger partial charge in [-0.1, -0.05) is 0 Å². The van der Waals surface area contributed by atoms with Crippen molar-refractivity contribution in [1.29, 1.82) is 0 Å². The fraction of sp³-hybridized carbons (Fsp3) is 0.833. The van der Waals surface area contributed by atoms with E-state index >= 15 is 0 Å². The molecule has 1 saturated heterocycles. The lowest BCUT2D eigenvalue weighted by Gasteiger charge is -2.35. The minimum atomic E-state index is -4.24. The Hall–Kier alpha value is -1.51. The third-order valence-corrected chi connectivity index (χ3v) is 3.32. The molecule has 1 aliphatic rings. The van der Waals surface area contributed by atoms with Gasteiger partial charge in [0.1, 0.15) is 0 Å². The Morgan fingerprint density at radius 1 is 1.14 bits per heavy atom. The van der Waals surface area contributed by atoms with E-state index < -0.39 is 30.1 Å². The number of hydrogen-bond acceptors (Lipinski definition) is 3. The second-order valence-electron chi connectivity index (χ2n) is 5.73. The maximum absolute atomic E-state index is 12.2. The molecule has 21 heavy (non-hydrogen) atoms. The van der Waals surface area contributed by atoms with Crippen molar-refractivity contribution >= 4 is 12.0 Å². The van der Waals surface area contributed by atoms with Crippen LogP contribution in [0.15, 0.2) is 0 Å². The molecule has 6 nitrogen and oxygen atoms in total. The number of carboxylic acid groups (broad SMARTS) is 1. The van der Waals surface area contributed by atoms with E-state index in [2.05, 4.69) is 5.32 Å². The van der Waals surface area contributed by atoms with Gasteiger partial charge < -0.3 is 15.3 Å². The molecule has 0 unspecified atom stereocenters. The number of carbonyl (C=O) groups is 2. The third-order valence-electron chi connectivity index (χ3n) is 3.32. The van der Waals surface area contributed by atoms with E-state index in [-0.39, 0.29) is 32.7 Å². The van der Waals surface area contributed by atoms with E-state index in [9.17, 15) is 22.8 Å². The quantitative estimate of drug-likeness (QED) is 0.812. The van der Waals surface area contributed by atoms with Crippen molar-refractivity contribution in [1.82, 2.24) is 15.1 Å². The highest BCUT2D eigenvalue weighted by atomic mass is 19.4. The first kappa shape index (κ1) is 17.5. The maximum Gasteiger partial charge on any atom is 0.401 e. The fourth-order valence-corrected chi connectivity index (χ4v) is 1.85. The maximum atomic E-state index is 12.2. The summed E-state index contributed by atoms with van der Waals surface area (Å²) >= 11 is 0. The lowest BCUT2D eigenvalue weighted by Crippen LogP contribution is -2.54. The summed E-state index contributed by atoms with van der Waals surface area (Å²) in [6, 6.07) is -0.448. The first-order valence-electron chi connectivity index (χ1n) is 6.56. The molecule has 1 rings (SSSR count). The minimum absolute atomic E-state index is 0.0378. The Morgan fingerprint density at radius 2 is 1.67 bits per heavy atom. The summed E-state index contributed by atoms with van der Waals surface area (Å²) in [4.78, 5) is 25.4. The van der Waals surface area contributed by atoms with Crippen LogP contribution in [0.5, 0.6) is 0 Å². The number of aliphatic carboxylic acids is 1. The summed E-state index contributed by atoms with van der Waals surface area (Å²) in [6.45, 7) is 2.63. The molecular formula is C12H20F3N3O3. The highest BCUT2D eigenvalue weighted by molar-refractivity contribution is 5.77. The van der Waals surface area contributed by atoms with Crippen LogP contribution in [0.25, 0.3) is 0 Å². The van der Waals surface area contributed by atoms with Crippen LogP contribution in [-0.4, -0.2) is 72.4 Å². The topological polar surface area (TPSA) is 72.9 Å². The lowest BCUT2D eigenvalue weighted by atomic mass is 9.94. The van der Waals surface area contributed by atoms with Crippen LogP contribution < -0.4 is 5.32 Å². The van der Waals surface area contributed by atoms with E-state index in [0.29, 0.717) is 0 Å². The van der Waals surface area contributed by atoms with Crippen molar-refractivity contribution in [3.63, 3.8) is 0 Å². The minimum Gasteiger partial charge on any atom is -0.481 e. The number of nitrogens with zero attached hydrogens (tertiary/aromatic N) is 2. The van der Waals surface area contributed by atoms with Crippen LogP contribution in [0, 0.1) is 5.41 Å². The molecule has 9 heteroatoms. The molecule has 0 bridgehead atoms. The smallest absolute Gasteiger partial charge is 0.401 e. The fourth-order valence-electron chi connectivity index (χ4n) is 1.85. The van der Waals surface area contributed by atoms with Crippen molar-refractivity contribution in [2.75, 3.05) is 39.3 Å². The Kier molecular flexibility index (Phi) is 5.43. The average Bonchev–Trinajstić information content (AvgIpc) is 2.35. The number of rotatable bonds is 4. The van der Waals surface area contributed by atoms with Gasteiger partial charge in [-0.2, -0.15) is 13.2 Å². The van der Waals surface area contributed by atoms with Gasteiger partial charge >= 0.3 is 18.2 Å². The number of halogens is 3. The van der Waals surface area contributed by atoms with Gasteiger partial charge in [0.25, 0.3) is 0 Å². The first-order chi connectivity index (χ1) is 9.51. The number of alkyl halides is 3. The predicted octanol–water partition coefficient (Wildman–Crippen LogP) is 0.987. The summed E-state index contributed by atoms with van der Waals surface area (Å²) in [6.07, 6.45) is -4.24. The predicted molar refractivity (Wildman–Crippen MR) is 68.9 cm³/mol. The molecule has 2 N–H and O–H groups in total. The molecule has 0 spiro atoms. The Labute approximate surface area is 120 Å². The van der Waals surface area contributed by atoms with Crippen molar-refractivity contribution in [3.8, 4) is 0 Å². The standard InChI is InChI=1S/C12H20F3N3O3/c1-11(2,9(19)20)7-16-10(21)18-5-3-17(4-6-18)8-12(13,14)15/h3-8H2,1-2H3,(H,16,21)(H,19,20). The number of hydrogen-bond donors (Lipinski definition) is 2. The molecule has 0 aromatic rings. The molecule has 1 heterocycles. The van der Waals surface area contributed by atoms with Gasteiger partial charge in [-0.05, 0) is 13.8 Å². The van der Waals surface area contributed by atoms with Crippen LogP contribution in [0.1, 0.15) is 13.8 Å². The zero-order chi connectivity index (χ0) is 16.3. The van der Waals surface area contributed by atoms with E-state index in [4.69, 9.17) is 5.11 Å². The Bertz CT molecular complexity index is 391. The van der Waals surface area contributed by atoms with Crippen LogP contribution >= 0.6 is 0 Å². The summed E-state index contributed by atoms with van der Waals surface area (Å²) in [5.74, 6) is -1.03. The summed E-state index contributed by atoms with van der Waals surface area (Å²) in [7, 11) is 0. The molecule has 0 saturated carbocycles. The third kappa shape index (κ3) is 5.78. The van der Waals surface area contributed by atoms with Crippen molar-refractivity contribution < 1.29 is 27.9 Å². The van der Waals surface area contributed by atoms with Gasteiger partial charge in [-0.25, -0.2) is 4.79 Å². The SMILES string of the molecule is CC(C)(CNC(=O)N1CCN(CC(F)(F)F)CC1)C(=O)O. The molecule has 1 fully saturated rings. The molecule has 0 atom stereocenters. The summed E-state index contributed by atoms with van der Waals surface area (Å²) in [5.41, 5.74) is -1.09. The second kappa shape index (κ2) is 6.50. The number of nitrogens with one attached hydrogen (secondary N) is 1. The van der Waals surface area contributed by atoms with E-state index in [1.165, 1.54) is 23.6 Å². The zero-order valence-corrected chi connectivity index (χ0v) is 12.0. The number of carboxylic acids is 1. The van der Waals surface area contributed by atoms with Crippen molar-refractivity contribution in [2.45, 2.75) is 20.0 Å². The average molecular weight is 311 g/mol. The van der Waals surface area contributed by atoms with E-state index in [1.807, 2.05) is 0 Å². The molecule has 0 aliphatic carbocycles. The Balaban J connectivity index is 2.37. The number of carbonyl (C=O) groups excluding carboxylic acids is 1. The molecular weight excluding hydrogens is 291 g/mol. The molecule has 0 aromatic carbocycles. The van der Waals surface area contributed by atoms with Crippen LogP contribution in [0.3, 0.4) is 0 Å². The van der Waals surface area contributed by atoms with Gasteiger partial charge in [-0.3, -0.25) is 9.69 Å². The van der Waals surface area contributed by atoms with Crippen molar-refractivity contribution in [3.05, 3.63) is 0 Å². The summed E-state index contributed by atoms with van der Waals surface area (Å²) < 4.78 is 36.7.